The van der Waals surface area contributed by atoms with Crippen molar-refractivity contribution in [2.45, 2.75) is 36.9 Å². The van der Waals surface area contributed by atoms with Crippen LogP contribution in [0.4, 0.5) is 10.6 Å². The Bertz CT molecular complexity index is 1360. The third-order valence-corrected chi connectivity index (χ3v) is 6.20. The molecule has 4 rings (SSSR count). The molecule has 3 aromatic rings. The Morgan fingerprint density at radius 1 is 1.26 bits per heavy atom. The van der Waals surface area contributed by atoms with Gasteiger partial charge in [0.15, 0.2) is 23.2 Å². The molecule has 1 aliphatic heterocycles. The molecule has 0 radical (unpaired) electrons. The summed E-state index contributed by atoms with van der Waals surface area (Å²) in [5.74, 6) is 2.75. The van der Waals surface area contributed by atoms with E-state index < -0.39 is 49.1 Å². The molecule has 0 bridgehead atoms. The number of carbonyl (C=O) groups excluding carboxylic acids is 1. The number of carbonyl (C=O) groups is 2. The predicted molar refractivity (Wildman–Crippen MR) is 138 cm³/mol. The lowest BCUT2D eigenvalue weighted by molar-refractivity contribution is -0.124. The Morgan fingerprint density at radius 2 is 2.00 bits per heavy atom. The van der Waals surface area contributed by atoms with Gasteiger partial charge in [0.25, 0.3) is 0 Å². The number of nitrogens with one attached hydrogen (secondary N) is 2. The van der Waals surface area contributed by atoms with Crippen molar-refractivity contribution in [3.8, 4) is 18.1 Å². The van der Waals surface area contributed by atoms with Crippen LogP contribution in [0.1, 0.15) is 11.8 Å². The maximum atomic E-state index is 13.2. The fourth-order valence-corrected chi connectivity index (χ4v) is 4.37. The number of carboxylic acid groups (broad SMARTS) is 1. The summed E-state index contributed by atoms with van der Waals surface area (Å²) in [4.78, 5) is 39.2. The molecular formula is C25H29N7O7. The fourth-order valence-electron chi connectivity index (χ4n) is 4.37. The minimum Gasteiger partial charge on any atom is -0.481 e. The zero-order valence-electron chi connectivity index (χ0n) is 21.3. The van der Waals surface area contributed by atoms with E-state index in [2.05, 4.69) is 31.5 Å². The van der Waals surface area contributed by atoms with E-state index >= 15 is 0 Å². The van der Waals surface area contributed by atoms with Gasteiger partial charge in [-0.3, -0.25) is 9.36 Å². The van der Waals surface area contributed by atoms with Gasteiger partial charge in [-0.25, -0.2) is 19.7 Å². The molecule has 0 spiro atoms. The van der Waals surface area contributed by atoms with Gasteiger partial charge < -0.3 is 40.3 Å². The molecule has 1 saturated heterocycles. The number of aliphatic hydroxyl groups is 2. The van der Waals surface area contributed by atoms with Crippen molar-refractivity contribution in [3.63, 3.8) is 0 Å². The number of imidazole rings is 1. The third-order valence-electron chi connectivity index (χ3n) is 6.20. The highest BCUT2D eigenvalue weighted by Gasteiger charge is 2.46. The van der Waals surface area contributed by atoms with Gasteiger partial charge in [0.2, 0.25) is 5.91 Å². The summed E-state index contributed by atoms with van der Waals surface area (Å²) in [5, 5.41) is 35.3. The van der Waals surface area contributed by atoms with E-state index in [4.69, 9.17) is 15.9 Å². The summed E-state index contributed by atoms with van der Waals surface area (Å²) in [6, 6.07) is 4.43. The van der Waals surface area contributed by atoms with Gasteiger partial charge in [-0.2, -0.15) is 0 Å². The van der Waals surface area contributed by atoms with Crippen molar-refractivity contribution in [1.82, 2.24) is 30.2 Å². The van der Waals surface area contributed by atoms with Crippen molar-refractivity contribution in [2.75, 3.05) is 32.2 Å². The second kappa shape index (κ2) is 11.9. The second-order valence-electron chi connectivity index (χ2n) is 9.03. The van der Waals surface area contributed by atoms with Crippen LogP contribution in [0.15, 0.2) is 36.9 Å². The molecule has 3 heterocycles. The van der Waals surface area contributed by atoms with Crippen LogP contribution in [-0.2, 0) is 16.0 Å². The summed E-state index contributed by atoms with van der Waals surface area (Å²) in [6.07, 6.45) is 3.25. The van der Waals surface area contributed by atoms with Gasteiger partial charge in [-0.05, 0) is 17.7 Å². The van der Waals surface area contributed by atoms with Crippen molar-refractivity contribution in [1.29, 1.82) is 0 Å². The zero-order valence-corrected chi connectivity index (χ0v) is 21.3. The molecule has 1 fully saturated rings. The topological polar surface area (TPSA) is 184 Å². The van der Waals surface area contributed by atoms with Gasteiger partial charge in [-0.1, -0.05) is 18.1 Å². The van der Waals surface area contributed by atoms with Gasteiger partial charge in [0.1, 0.15) is 36.9 Å². The molecule has 1 unspecified atom stereocenters. The molecule has 5 N–H and O–H groups in total. The number of nitrogens with zero attached hydrogens (tertiary/aromatic N) is 5. The number of amides is 2. The maximum absolute atomic E-state index is 13.2. The molecule has 39 heavy (non-hydrogen) atoms. The number of ether oxygens (including phenoxy) is 2. The summed E-state index contributed by atoms with van der Waals surface area (Å²) >= 11 is 0. The average Bonchev–Trinajstić information content (AvgIpc) is 3.48. The molecule has 2 aromatic heterocycles. The third kappa shape index (κ3) is 6.01. The van der Waals surface area contributed by atoms with E-state index in [0.29, 0.717) is 28.3 Å². The molecule has 206 valence electrons. The van der Waals surface area contributed by atoms with E-state index in [9.17, 15) is 24.9 Å². The van der Waals surface area contributed by atoms with Gasteiger partial charge in [0, 0.05) is 20.5 Å². The highest BCUT2D eigenvalue weighted by Crippen LogP contribution is 2.32. The number of terminal acetylenes is 1. The molecular weight excluding hydrogens is 510 g/mol. The van der Waals surface area contributed by atoms with E-state index in [-0.39, 0.29) is 13.0 Å². The fraction of sp³-hybridized carbons (Fsp3) is 0.400. The number of benzene rings is 1. The normalized spacial score (nSPS) is 21.2. The van der Waals surface area contributed by atoms with Gasteiger partial charge in [0.05, 0.1) is 19.0 Å². The van der Waals surface area contributed by atoms with Crippen molar-refractivity contribution < 1.29 is 34.4 Å². The second-order valence-corrected chi connectivity index (χ2v) is 9.03. The van der Waals surface area contributed by atoms with E-state index in [1.165, 1.54) is 17.2 Å². The molecule has 1 aliphatic rings. The number of fused-ring (bicyclic) bond motifs is 1. The van der Waals surface area contributed by atoms with Crippen LogP contribution >= 0.6 is 0 Å². The standard InChI is InChI=1S/C25H29N7O7/c1-4-9-38-15-7-5-14(6-8-15)10-16(29-25(36)37)23(35)30-18-17(11-33)39-24(20(18)34)32-13-28-19-21(31(2)3)26-12-27-22(19)32/h1,5-8,12-13,16-18,20,24,29,33-34H,9-11H2,2-3H3,(H,30,35)(H,36,37)/t16?,17-,18-,20-,24-/m1/s1. The predicted octanol–water partition coefficient (Wildman–Crippen LogP) is -0.481. The van der Waals surface area contributed by atoms with Crippen molar-refractivity contribution in [3.05, 3.63) is 42.5 Å². The first-order valence-electron chi connectivity index (χ1n) is 12.0. The molecule has 14 heteroatoms. The minimum absolute atomic E-state index is 0.0147. The number of hydrogen-bond donors (Lipinski definition) is 5. The van der Waals surface area contributed by atoms with Crippen molar-refractivity contribution >= 4 is 29.0 Å². The Kier molecular flexibility index (Phi) is 8.45. The van der Waals surface area contributed by atoms with E-state index in [1.54, 1.807) is 43.3 Å². The van der Waals surface area contributed by atoms with Crippen molar-refractivity contribution in [2.24, 2.45) is 0 Å². The van der Waals surface area contributed by atoms with Crippen LogP contribution in [0.25, 0.3) is 11.2 Å². The number of hydrogen-bond acceptors (Lipinski definition) is 10. The van der Waals surface area contributed by atoms with Gasteiger partial charge >= 0.3 is 6.09 Å². The highest BCUT2D eigenvalue weighted by atomic mass is 16.5. The SMILES string of the molecule is C#CCOc1ccc(CC(NC(=O)O)C(=O)N[C@H]2[C@@H](O)[C@H](n3cnc4c(N(C)C)ncnc43)O[C@@H]2CO)cc1. The molecule has 0 aliphatic carbocycles. The number of anilines is 1. The number of aromatic nitrogens is 4. The lowest BCUT2D eigenvalue weighted by Gasteiger charge is -2.24. The van der Waals surface area contributed by atoms with E-state index in [1.807, 2.05) is 0 Å². The molecule has 5 atom stereocenters. The molecule has 2 amide bonds. The summed E-state index contributed by atoms with van der Waals surface area (Å²) in [7, 11) is 3.61. The Morgan fingerprint density at radius 3 is 2.64 bits per heavy atom. The van der Waals surface area contributed by atoms with E-state index in [0.717, 1.165) is 0 Å². The summed E-state index contributed by atoms with van der Waals surface area (Å²) in [5.41, 5.74) is 1.52. The first kappa shape index (κ1) is 27.6. The Hall–Kier alpha value is -4.45. The lowest BCUT2D eigenvalue weighted by atomic mass is 10.0. The quantitative estimate of drug-likeness (QED) is 0.210. The molecule has 14 nitrogen and oxygen atoms in total. The first-order valence-corrected chi connectivity index (χ1v) is 12.0. The first-order chi connectivity index (χ1) is 18.7. The Balaban J connectivity index is 1.52. The minimum atomic E-state index is -1.40. The monoisotopic (exact) mass is 539 g/mol. The summed E-state index contributed by atoms with van der Waals surface area (Å²) < 4.78 is 12.7. The largest absolute Gasteiger partial charge is 0.481 e. The van der Waals surface area contributed by atoms with Crippen LogP contribution in [-0.4, -0.2) is 98.4 Å². The summed E-state index contributed by atoms with van der Waals surface area (Å²) in [6.45, 7) is -0.415. The molecule has 0 saturated carbocycles. The molecule has 1 aromatic carbocycles. The zero-order chi connectivity index (χ0) is 28.1. The smallest absolute Gasteiger partial charge is 0.405 e. The number of rotatable bonds is 10. The van der Waals surface area contributed by atoms with Crippen LogP contribution in [0.2, 0.25) is 0 Å². The Labute approximate surface area is 223 Å². The highest BCUT2D eigenvalue weighted by molar-refractivity contribution is 5.86. The maximum Gasteiger partial charge on any atom is 0.405 e. The van der Waals surface area contributed by atoms with Gasteiger partial charge in [-0.15, -0.1) is 6.42 Å². The lowest BCUT2D eigenvalue weighted by Crippen LogP contribution is -2.55. The van der Waals surface area contributed by atoms with Crippen LogP contribution in [0.3, 0.4) is 0 Å². The average molecular weight is 540 g/mol. The van der Waals surface area contributed by atoms with Crippen LogP contribution in [0.5, 0.6) is 5.75 Å². The number of aliphatic hydroxyl groups excluding tert-OH is 2. The van der Waals surface area contributed by atoms with Crippen LogP contribution < -0.4 is 20.3 Å². The van der Waals surface area contributed by atoms with Crippen LogP contribution in [0, 0.1) is 12.3 Å².